The molecule has 0 aromatic carbocycles. The first-order valence-electron chi connectivity index (χ1n) is 5.40. The molecule has 0 N–H and O–H groups in total. The number of carboxylic acid groups (broad SMARTS) is 1. The van der Waals surface area contributed by atoms with Crippen LogP contribution in [0.5, 0.6) is 0 Å². The number of hydrogen-bond acceptors (Lipinski definition) is 5. The van der Waals surface area contributed by atoms with Gasteiger partial charge < -0.3 is 14.6 Å². The zero-order valence-electron chi connectivity index (χ0n) is 9.95. The van der Waals surface area contributed by atoms with E-state index in [-0.39, 0.29) is 37.0 Å². The highest BCUT2D eigenvalue weighted by atomic mass is 79.9. The second-order valence-corrected chi connectivity index (χ2v) is 4.15. The summed E-state index contributed by atoms with van der Waals surface area (Å²) in [6.07, 6.45) is -0.218. The number of alkyl halides is 1. The van der Waals surface area contributed by atoms with Gasteiger partial charge in [-0.25, -0.2) is 0 Å². The van der Waals surface area contributed by atoms with Crippen LogP contribution in [0.25, 0.3) is 0 Å². The van der Waals surface area contributed by atoms with E-state index in [2.05, 4.69) is 15.9 Å². The van der Waals surface area contributed by atoms with Crippen molar-refractivity contribution in [2.45, 2.75) is 33.1 Å². The summed E-state index contributed by atoms with van der Waals surface area (Å²) in [7, 11) is 0. The van der Waals surface area contributed by atoms with Crippen LogP contribution in [0.3, 0.4) is 0 Å². The fourth-order valence-corrected chi connectivity index (χ4v) is 2.12. The molecule has 0 radical (unpaired) electrons. The smallest absolute Gasteiger partial charge is 0.319 e. The van der Waals surface area contributed by atoms with Crippen LogP contribution in [-0.2, 0) is 19.1 Å². The molecule has 17 heavy (non-hydrogen) atoms. The van der Waals surface area contributed by atoms with E-state index in [1.165, 1.54) is 0 Å². The molecule has 0 amide bonds. The highest BCUT2D eigenvalue weighted by Gasteiger charge is 2.44. The Morgan fingerprint density at radius 2 is 1.88 bits per heavy atom. The summed E-state index contributed by atoms with van der Waals surface area (Å²) in [5, 5.41) is 10.5. The van der Waals surface area contributed by atoms with Crippen LogP contribution in [0.2, 0.25) is 0 Å². The number of carboxylic acids is 1. The van der Waals surface area contributed by atoms with Crippen molar-refractivity contribution < 1.29 is 24.2 Å². The molecular formula is C11H16BrO5-. The third-order valence-corrected chi connectivity index (χ3v) is 3.19. The van der Waals surface area contributed by atoms with Crippen molar-refractivity contribution in [1.29, 1.82) is 0 Å². The van der Waals surface area contributed by atoms with Crippen LogP contribution >= 0.6 is 15.9 Å². The van der Waals surface area contributed by atoms with Gasteiger partial charge in [0.1, 0.15) is 5.41 Å². The van der Waals surface area contributed by atoms with E-state index in [9.17, 15) is 19.5 Å². The van der Waals surface area contributed by atoms with Crippen molar-refractivity contribution in [2.24, 2.45) is 5.41 Å². The van der Waals surface area contributed by atoms with Gasteiger partial charge in [0.05, 0.1) is 11.9 Å². The van der Waals surface area contributed by atoms with Gasteiger partial charge >= 0.3 is 5.97 Å². The number of halogens is 1. The monoisotopic (exact) mass is 307 g/mol. The van der Waals surface area contributed by atoms with E-state index in [1.54, 1.807) is 13.8 Å². The van der Waals surface area contributed by atoms with Crippen molar-refractivity contribution in [3.8, 4) is 0 Å². The van der Waals surface area contributed by atoms with Gasteiger partial charge in [0.15, 0.2) is 5.78 Å². The maximum Gasteiger partial charge on any atom is 0.319 e. The van der Waals surface area contributed by atoms with Crippen LogP contribution in [-0.4, -0.2) is 29.7 Å². The second-order valence-electron chi connectivity index (χ2n) is 3.58. The second kappa shape index (κ2) is 7.42. The first-order valence-corrected chi connectivity index (χ1v) is 6.53. The Morgan fingerprint density at radius 1 is 1.29 bits per heavy atom. The van der Waals surface area contributed by atoms with Gasteiger partial charge in [-0.15, -0.1) is 0 Å². The molecule has 0 bridgehead atoms. The summed E-state index contributed by atoms with van der Waals surface area (Å²) >= 11 is 3.00. The van der Waals surface area contributed by atoms with Gasteiger partial charge in [0.2, 0.25) is 0 Å². The summed E-state index contributed by atoms with van der Waals surface area (Å²) in [6.45, 7) is 3.45. The zero-order chi connectivity index (χ0) is 13.5. The van der Waals surface area contributed by atoms with Crippen LogP contribution in [0.1, 0.15) is 33.1 Å². The molecular weight excluding hydrogens is 292 g/mol. The van der Waals surface area contributed by atoms with Gasteiger partial charge in [0.25, 0.3) is 0 Å². The Kier molecular flexibility index (Phi) is 7.03. The van der Waals surface area contributed by atoms with Crippen molar-refractivity contribution in [2.75, 3.05) is 11.9 Å². The third-order valence-electron chi connectivity index (χ3n) is 2.68. The molecule has 5 nitrogen and oxygen atoms in total. The lowest BCUT2D eigenvalue weighted by molar-refractivity contribution is -0.306. The topological polar surface area (TPSA) is 83.5 Å². The van der Waals surface area contributed by atoms with E-state index in [0.29, 0.717) is 0 Å². The number of carbonyl (C=O) groups excluding carboxylic acids is 3. The summed E-state index contributed by atoms with van der Waals surface area (Å²) < 4.78 is 4.86. The minimum absolute atomic E-state index is 0.00724. The maximum atomic E-state index is 11.8. The lowest BCUT2D eigenvalue weighted by Crippen LogP contribution is -2.42. The molecule has 0 aromatic rings. The Balaban J connectivity index is 5.06. The van der Waals surface area contributed by atoms with E-state index in [4.69, 9.17) is 4.74 Å². The molecule has 1 atom stereocenters. The summed E-state index contributed by atoms with van der Waals surface area (Å²) in [5.74, 6) is -2.30. The molecule has 0 aliphatic rings. The van der Waals surface area contributed by atoms with Gasteiger partial charge in [-0.2, -0.15) is 0 Å². The first kappa shape index (κ1) is 16.1. The maximum absolute atomic E-state index is 11.8. The Morgan fingerprint density at radius 3 is 2.24 bits per heavy atom. The van der Waals surface area contributed by atoms with Gasteiger partial charge in [-0.1, -0.05) is 22.9 Å². The van der Waals surface area contributed by atoms with Crippen LogP contribution < -0.4 is 5.11 Å². The molecule has 0 aliphatic carbocycles. The largest absolute Gasteiger partial charge is 0.550 e. The molecule has 0 aliphatic heterocycles. The number of ether oxygens (including phenoxy) is 1. The molecule has 0 fully saturated rings. The molecule has 0 heterocycles. The molecule has 0 aromatic heterocycles. The zero-order valence-corrected chi connectivity index (χ0v) is 11.5. The fraction of sp³-hybridized carbons (Fsp3) is 0.727. The minimum atomic E-state index is -1.38. The predicted molar refractivity (Wildman–Crippen MR) is 62.4 cm³/mol. The third kappa shape index (κ3) is 4.11. The predicted octanol–water partition coefficient (Wildman–Crippen LogP) is 0.440. The molecule has 0 unspecified atom stereocenters. The highest BCUT2D eigenvalue weighted by Crippen LogP contribution is 2.32. The highest BCUT2D eigenvalue weighted by molar-refractivity contribution is 9.09. The summed E-state index contributed by atoms with van der Waals surface area (Å²) in [6, 6.07) is 0. The van der Waals surface area contributed by atoms with E-state index in [0.717, 1.165) is 0 Å². The average Bonchev–Trinajstić information content (AvgIpc) is 2.30. The number of esters is 1. The minimum Gasteiger partial charge on any atom is -0.550 e. The number of aliphatic carboxylic acids is 1. The molecule has 0 rings (SSSR count). The van der Waals surface area contributed by atoms with Crippen LogP contribution in [0.15, 0.2) is 0 Å². The molecule has 98 valence electrons. The van der Waals surface area contributed by atoms with Crippen LogP contribution in [0.4, 0.5) is 0 Å². The van der Waals surface area contributed by atoms with Crippen molar-refractivity contribution in [1.82, 2.24) is 0 Å². The van der Waals surface area contributed by atoms with Crippen molar-refractivity contribution in [3.63, 3.8) is 0 Å². The lowest BCUT2D eigenvalue weighted by atomic mass is 9.77. The number of rotatable bonds is 8. The van der Waals surface area contributed by atoms with Gasteiger partial charge in [-0.05, 0) is 26.2 Å². The Bertz CT molecular complexity index is 302. The Labute approximate surface area is 109 Å². The average molecular weight is 308 g/mol. The number of carbonyl (C=O) groups is 3. The standard InChI is InChI=1S/C11H17BrO5/c1-3-11(8(13)7-12,6-5-9(14)15)10(16)17-4-2/h3-7H2,1-2H3,(H,14,15)/p-1/t11-/m0/s1. The quantitative estimate of drug-likeness (QED) is 0.369. The van der Waals surface area contributed by atoms with Crippen LogP contribution in [0, 0.1) is 5.41 Å². The molecule has 0 saturated carbocycles. The van der Waals surface area contributed by atoms with Crippen molar-refractivity contribution >= 4 is 33.7 Å². The van der Waals surface area contributed by atoms with Gasteiger partial charge in [0, 0.05) is 5.97 Å². The number of ketones is 1. The molecule has 0 spiro atoms. The number of Topliss-reactive ketones (excluding diaryl/α,β-unsaturated/α-hetero) is 1. The first-order chi connectivity index (χ1) is 7.94. The van der Waals surface area contributed by atoms with E-state index < -0.39 is 17.4 Å². The molecule has 6 heteroatoms. The van der Waals surface area contributed by atoms with Gasteiger partial charge in [-0.3, -0.25) is 9.59 Å². The Hall–Kier alpha value is -0.910. The summed E-state index contributed by atoms with van der Waals surface area (Å²) in [4.78, 5) is 34.1. The molecule has 0 saturated heterocycles. The SMILES string of the molecule is CCOC(=O)[C@@](CC)(CCC(=O)[O-])C(=O)CBr. The fourth-order valence-electron chi connectivity index (χ4n) is 1.59. The van der Waals surface area contributed by atoms with E-state index >= 15 is 0 Å². The van der Waals surface area contributed by atoms with Crippen molar-refractivity contribution in [3.05, 3.63) is 0 Å². The lowest BCUT2D eigenvalue weighted by Gasteiger charge is -2.28. The normalized spacial score (nSPS) is 13.8. The number of hydrogen-bond donors (Lipinski definition) is 0. The van der Waals surface area contributed by atoms with E-state index in [1.807, 2.05) is 0 Å². The summed E-state index contributed by atoms with van der Waals surface area (Å²) in [5.41, 5.74) is -1.38.